The van der Waals surface area contributed by atoms with Crippen molar-refractivity contribution < 1.29 is 35.1 Å². The van der Waals surface area contributed by atoms with Crippen LogP contribution in [0.5, 0.6) is 0 Å². The van der Waals surface area contributed by atoms with E-state index in [-0.39, 0.29) is 27.0 Å². The van der Waals surface area contributed by atoms with Crippen LogP contribution in [-0.2, 0) is 25.5 Å². The van der Waals surface area contributed by atoms with E-state index in [0.29, 0.717) is 25.8 Å². The molecule has 2 N–H and O–H groups in total. The first-order chi connectivity index (χ1) is 19.7. The number of hydrogen-bond acceptors (Lipinski definition) is 6. The van der Waals surface area contributed by atoms with Crippen molar-refractivity contribution in [2.75, 3.05) is 18.9 Å². The highest BCUT2D eigenvalue weighted by Crippen LogP contribution is 2.44. The minimum atomic E-state index is -5.27. The topological polar surface area (TPSA) is 104 Å². The maximum atomic E-state index is 14.5. The van der Waals surface area contributed by atoms with Crippen LogP contribution in [0.15, 0.2) is 88.7 Å². The zero-order valence-corrected chi connectivity index (χ0v) is 24.6. The van der Waals surface area contributed by atoms with Crippen molar-refractivity contribution in [2.24, 2.45) is 5.92 Å². The zero-order valence-electron chi connectivity index (χ0n) is 23.0. The van der Waals surface area contributed by atoms with Crippen LogP contribution in [0.1, 0.15) is 37.3 Å². The van der Waals surface area contributed by atoms with E-state index in [1.807, 2.05) is 12.8 Å². The van der Waals surface area contributed by atoms with Crippen LogP contribution >= 0.6 is 0 Å². The van der Waals surface area contributed by atoms with Gasteiger partial charge in [-0.3, -0.25) is 0 Å². The number of alkyl halides is 3. The van der Waals surface area contributed by atoms with Crippen molar-refractivity contribution in [1.29, 1.82) is 0 Å². The lowest BCUT2D eigenvalue weighted by Gasteiger charge is -2.29. The van der Waals surface area contributed by atoms with Crippen LogP contribution in [0.4, 0.5) is 18.9 Å². The normalized spacial score (nSPS) is 16.3. The summed E-state index contributed by atoms with van der Waals surface area (Å²) in [6.45, 7) is 2.12. The quantitative estimate of drug-likeness (QED) is 0.305. The van der Waals surface area contributed by atoms with Crippen molar-refractivity contribution in [3.05, 3.63) is 90.0 Å². The number of benzene rings is 3. The Morgan fingerprint density at radius 3 is 2.10 bits per heavy atom. The molecule has 0 aromatic heterocycles. The van der Waals surface area contributed by atoms with E-state index in [9.17, 15) is 35.1 Å². The van der Waals surface area contributed by atoms with Gasteiger partial charge in [0, 0.05) is 30.4 Å². The summed E-state index contributed by atoms with van der Waals surface area (Å²) in [5.41, 5.74) is -4.50. The molecule has 2 unspecified atom stereocenters. The Balaban J connectivity index is 1.71. The summed E-state index contributed by atoms with van der Waals surface area (Å²) in [6, 6.07) is 17.7. The Hall–Kier alpha value is -3.37. The highest BCUT2D eigenvalue weighted by Gasteiger charge is 2.56. The van der Waals surface area contributed by atoms with E-state index in [1.165, 1.54) is 66.0 Å². The Labute approximate surface area is 244 Å². The first-order valence-electron chi connectivity index (χ1n) is 13.3. The molecule has 0 heterocycles. The molecule has 42 heavy (non-hydrogen) atoms. The molecule has 3 aromatic rings. The predicted octanol–water partition coefficient (Wildman–Crippen LogP) is 5.14. The third-order valence-corrected chi connectivity index (χ3v) is 10.9. The van der Waals surface area contributed by atoms with Gasteiger partial charge in [0.15, 0.2) is 9.84 Å². The Bertz CT molecular complexity index is 1680. The van der Waals surface area contributed by atoms with Crippen LogP contribution in [0.25, 0.3) is 0 Å². The minimum Gasteiger partial charge on any atom is -0.368 e. The summed E-state index contributed by atoms with van der Waals surface area (Å²) in [6.07, 6.45) is -3.51. The number of sulfone groups is 1. The van der Waals surface area contributed by atoms with Crippen molar-refractivity contribution >= 4 is 25.5 Å². The molecule has 7 nitrogen and oxygen atoms in total. The molecule has 3 aromatic carbocycles. The Morgan fingerprint density at radius 1 is 0.929 bits per heavy atom. The maximum absolute atomic E-state index is 14.5. The van der Waals surface area contributed by atoms with Gasteiger partial charge in [0.2, 0.25) is 10.0 Å². The molecule has 0 radical (unpaired) electrons. The van der Waals surface area contributed by atoms with Gasteiger partial charge >= 0.3 is 6.18 Å². The second kappa shape index (κ2) is 12.1. The van der Waals surface area contributed by atoms with Gasteiger partial charge in [-0.25, -0.2) is 21.1 Å². The smallest absolute Gasteiger partial charge is 0.368 e. The number of nitrogens with one attached hydrogen (secondary N) is 1. The molecular formula is C30H31F3N2O5S2. The molecule has 2 atom stereocenters. The summed E-state index contributed by atoms with van der Waals surface area (Å²) in [7, 11) is -6.33. The van der Waals surface area contributed by atoms with Gasteiger partial charge < -0.3 is 10.4 Å². The fourth-order valence-electron chi connectivity index (χ4n) is 4.46. The highest BCUT2D eigenvalue weighted by atomic mass is 32.2. The van der Waals surface area contributed by atoms with Crippen LogP contribution in [-0.4, -0.2) is 51.4 Å². The number of sulfonamides is 1. The number of anilines is 1. The number of aliphatic hydroxyl groups is 1. The molecule has 1 fully saturated rings. The Morgan fingerprint density at radius 2 is 1.52 bits per heavy atom. The summed E-state index contributed by atoms with van der Waals surface area (Å²) in [5, 5.41) is 12.6. The lowest BCUT2D eigenvalue weighted by molar-refractivity contribution is -0.240. The van der Waals surface area contributed by atoms with E-state index in [1.54, 1.807) is 18.2 Å². The average molecular weight is 621 g/mol. The summed E-state index contributed by atoms with van der Waals surface area (Å²) >= 11 is 0. The lowest BCUT2D eigenvalue weighted by atomic mass is 9.91. The lowest BCUT2D eigenvalue weighted by Crippen LogP contribution is -2.42. The van der Waals surface area contributed by atoms with Gasteiger partial charge in [-0.05, 0) is 73.6 Å². The number of halogens is 3. The molecule has 1 aliphatic carbocycles. The van der Waals surface area contributed by atoms with Gasteiger partial charge in [0.05, 0.1) is 9.79 Å². The number of nitrogens with zero attached hydrogens (tertiary/aromatic N) is 1. The molecule has 12 heteroatoms. The first-order valence-corrected chi connectivity index (χ1v) is 16.2. The van der Waals surface area contributed by atoms with Gasteiger partial charge in [0.25, 0.3) is 5.60 Å². The molecular weight excluding hydrogens is 589 g/mol. The molecule has 0 bridgehead atoms. The standard InChI is InChI=1S/C30H31F3N2O5S2/c1-3-21-35(2)42(39,40)25-17-13-22(14-18-25)19-20-29(36,30(31,32)33)26-11-7-8-12-27(26)34-28(23-15-16-23)41(37,38)24-9-5-4-6-10-24/h4-14,17-18,23,28,34,36H,3,15-16,21H2,1-2H3. The number of rotatable bonds is 10. The maximum Gasteiger partial charge on any atom is 0.433 e. The first kappa shape index (κ1) is 31.6. The van der Waals surface area contributed by atoms with E-state index >= 15 is 0 Å². The van der Waals surface area contributed by atoms with E-state index < -0.39 is 42.6 Å². The van der Waals surface area contributed by atoms with Crippen LogP contribution < -0.4 is 5.32 Å². The van der Waals surface area contributed by atoms with Gasteiger partial charge in [0.1, 0.15) is 5.37 Å². The molecule has 224 valence electrons. The average Bonchev–Trinajstić information content (AvgIpc) is 3.80. The highest BCUT2D eigenvalue weighted by molar-refractivity contribution is 7.92. The summed E-state index contributed by atoms with van der Waals surface area (Å²) in [4.78, 5) is -0.0144. The fourth-order valence-corrected chi connectivity index (χ4v) is 7.61. The largest absolute Gasteiger partial charge is 0.433 e. The third-order valence-electron chi connectivity index (χ3n) is 6.97. The summed E-state index contributed by atoms with van der Waals surface area (Å²) in [5.74, 6) is 3.93. The molecule has 0 spiro atoms. The molecule has 0 saturated heterocycles. The second-order valence-electron chi connectivity index (χ2n) is 10.1. The van der Waals surface area contributed by atoms with E-state index in [0.717, 1.165) is 6.07 Å². The minimum absolute atomic E-state index is 0.0316. The monoisotopic (exact) mass is 620 g/mol. The van der Waals surface area contributed by atoms with E-state index in [4.69, 9.17) is 0 Å². The molecule has 1 aliphatic rings. The number of hydrogen-bond donors (Lipinski definition) is 2. The SMILES string of the molecule is CCCN(C)S(=O)(=O)c1ccc(C#CC(O)(c2ccccc2NC(C2CC2)S(=O)(=O)c2ccccc2)C(F)(F)F)cc1. The van der Waals surface area contributed by atoms with Gasteiger partial charge in [-0.15, -0.1) is 0 Å². The van der Waals surface area contributed by atoms with Crippen LogP contribution in [0.3, 0.4) is 0 Å². The van der Waals surface area contributed by atoms with Gasteiger partial charge in [-0.2, -0.15) is 13.2 Å². The second-order valence-corrected chi connectivity index (χ2v) is 14.2. The van der Waals surface area contributed by atoms with Crippen molar-refractivity contribution in [3.8, 4) is 11.8 Å². The number of para-hydroxylation sites is 1. The zero-order chi connectivity index (χ0) is 30.8. The van der Waals surface area contributed by atoms with Crippen molar-refractivity contribution in [3.63, 3.8) is 0 Å². The fraction of sp³-hybridized carbons (Fsp3) is 0.333. The Kier molecular flexibility index (Phi) is 9.08. The van der Waals surface area contributed by atoms with Gasteiger partial charge in [-0.1, -0.05) is 49.2 Å². The van der Waals surface area contributed by atoms with E-state index in [2.05, 4.69) is 11.2 Å². The third kappa shape index (κ3) is 6.49. The molecule has 4 rings (SSSR count). The van der Waals surface area contributed by atoms with Crippen LogP contribution in [0, 0.1) is 17.8 Å². The van der Waals surface area contributed by atoms with Crippen molar-refractivity contribution in [2.45, 2.75) is 53.1 Å². The molecule has 0 amide bonds. The predicted molar refractivity (Wildman–Crippen MR) is 154 cm³/mol. The summed E-state index contributed by atoms with van der Waals surface area (Å²) < 4.78 is 96.8. The molecule has 0 aliphatic heterocycles. The van der Waals surface area contributed by atoms with Crippen LogP contribution in [0.2, 0.25) is 0 Å². The molecule has 1 saturated carbocycles. The van der Waals surface area contributed by atoms with Crippen molar-refractivity contribution in [1.82, 2.24) is 4.31 Å².